The van der Waals surface area contributed by atoms with Crippen molar-refractivity contribution in [1.82, 2.24) is 10.6 Å². The van der Waals surface area contributed by atoms with Crippen LogP contribution in [-0.2, 0) is 0 Å². The molecule has 0 unspecified atom stereocenters. The van der Waals surface area contributed by atoms with Crippen LogP contribution in [0.15, 0.2) is 0 Å². The highest BCUT2D eigenvalue weighted by atomic mass is 35.5. The quantitative estimate of drug-likeness (QED) is 0.599. The van der Waals surface area contributed by atoms with E-state index < -0.39 is 0 Å². The van der Waals surface area contributed by atoms with Gasteiger partial charge < -0.3 is 10.6 Å². The van der Waals surface area contributed by atoms with Gasteiger partial charge in [0.1, 0.15) is 0 Å². The lowest BCUT2D eigenvalue weighted by Crippen LogP contribution is -2.49. The van der Waals surface area contributed by atoms with Crippen LogP contribution in [-0.4, -0.2) is 26.2 Å². The SMILES string of the molecule is C1CNCC2(C1)CCCNC2.Cl. The van der Waals surface area contributed by atoms with Crippen molar-refractivity contribution < 1.29 is 0 Å². The molecular formula is C9H19ClN2. The number of halogens is 1. The van der Waals surface area contributed by atoms with Gasteiger partial charge in [0, 0.05) is 13.1 Å². The number of rotatable bonds is 0. The summed E-state index contributed by atoms with van der Waals surface area (Å²) >= 11 is 0. The fourth-order valence-corrected chi connectivity index (χ4v) is 2.42. The third-order valence-electron chi connectivity index (χ3n) is 3.12. The molecule has 0 aromatic heterocycles. The lowest BCUT2D eigenvalue weighted by molar-refractivity contribution is 0.157. The number of hydrogen-bond acceptors (Lipinski definition) is 2. The van der Waals surface area contributed by atoms with Crippen molar-refractivity contribution in [3.05, 3.63) is 0 Å². The standard InChI is InChI=1S/C9H18N2.ClH/c1-3-9(7-10-5-1)4-2-6-11-8-9;/h10-11H,1-8H2;1H. The van der Waals surface area contributed by atoms with Crippen molar-refractivity contribution in [2.45, 2.75) is 25.7 Å². The molecule has 0 aliphatic carbocycles. The summed E-state index contributed by atoms with van der Waals surface area (Å²) in [6.07, 6.45) is 5.63. The summed E-state index contributed by atoms with van der Waals surface area (Å²) in [5.41, 5.74) is 0.635. The Kier molecular flexibility index (Phi) is 3.81. The van der Waals surface area contributed by atoms with Gasteiger partial charge in [0.15, 0.2) is 0 Å². The Bertz CT molecular complexity index is 107. The van der Waals surface area contributed by atoms with Gasteiger partial charge in [-0.3, -0.25) is 0 Å². The van der Waals surface area contributed by atoms with E-state index in [1.54, 1.807) is 0 Å². The van der Waals surface area contributed by atoms with Gasteiger partial charge in [0.2, 0.25) is 0 Å². The maximum absolute atomic E-state index is 3.51. The molecular weight excluding hydrogens is 172 g/mol. The molecule has 2 heterocycles. The summed E-state index contributed by atoms with van der Waals surface area (Å²) < 4.78 is 0. The molecule has 3 heteroatoms. The lowest BCUT2D eigenvalue weighted by Gasteiger charge is -2.41. The van der Waals surface area contributed by atoms with E-state index in [2.05, 4.69) is 10.6 Å². The van der Waals surface area contributed by atoms with Crippen LogP contribution in [0, 0.1) is 5.41 Å². The van der Waals surface area contributed by atoms with Crippen LogP contribution < -0.4 is 10.6 Å². The Labute approximate surface area is 80.9 Å². The van der Waals surface area contributed by atoms with Gasteiger partial charge in [-0.1, -0.05) is 0 Å². The van der Waals surface area contributed by atoms with Gasteiger partial charge in [-0.25, -0.2) is 0 Å². The number of hydrogen-bond donors (Lipinski definition) is 2. The Morgan fingerprint density at radius 3 is 1.67 bits per heavy atom. The molecule has 72 valence electrons. The minimum Gasteiger partial charge on any atom is -0.316 e. The third kappa shape index (κ3) is 2.12. The van der Waals surface area contributed by atoms with E-state index in [9.17, 15) is 0 Å². The minimum atomic E-state index is 0. The van der Waals surface area contributed by atoms with Crippen molar-refractivity contribution in [3.8, 4) is 0 Å². The average molecular weight is 191 g/mol. The zero-order valence-electron chi connectivity index (χ0n) is 7.57. The Hall–Kier alpha value is 0.210. The predicted molar refractivity (Wildman–Crippen MR) is 53.9 cm³/mol. The minimum absolute atomic E-state index is 0. The molecule has 1 spiro atoms. The summed E-state index contributed by atoms with van der Waals surface area (Å²) in [7, 11) is 0. The highest BCUT2D eigenvalue weighted by Gasteiger charge is 2.32. The molecule has 0 amide bonds. The molecule has 0 aromatic rings. The van der Waals surface area contributed by atoms with Crippen molar-refractivity contribution in [1.29, 1.82) is 0 Å². The lowest BCUT2D eigenvalue weighted by atomic mass is 9.75. The van der Waals surface area contributed by atoms with Crippen LogP contribution in [0.1, 0.15) is 25.7 Å². The van der Waals surface area contributed by atoms with E-state index in [4.69, 9.17) is 0 Å². The van der Waals surface area contributed by atoms with Crippen LogP contribution in [0.2, 0.25) is 0 Å². The third-order valence-corrected chi connectivity index (χ3v) is 3.12. The van der Waals surface area contributed by atoms with E-state index in [-0.39, 0.29) is 12.4 Å². The first-order valence-electron chi connectivity index (χ1n) is 4.83. The Morgan fingerprint density at radius 1 is 0.833 bits per heavy atom. The summed E-state index contributed by atoms with van der Waals surface area (Å²) in [6, 6.07) is 0. The summed E-state index contributed by atoms with van der Waals surface area (Å²) in [4.78, 5) is 0. The molecule has 0 bridgehead atoms. The molecule has 2 aliphatic heterocycles. The van der Waals surface area contributed by atoms with Gasteiger partial charge in [0.25, 0.3) is 0 Å². The largest absolute Gasteiger partial charge is 0.316 e. The smallest absolute Gasteiger partial charge is 0.00200 e. The zero-order valence-corrected chi connectivity index (χ0v) is 8.38. The summed E-state index contributed by atoms with van der Waals surface area (Å²) in [5.74, 6) is 0. The van der Waals surface area contributed by atoms with E-state index in [0.29, 0.717) is 5.41 Å². The van der Waals surface area contributed by atoms with E-state index in [1.807, 2.05) is 0 Å². The first-order chi connectivity index (χ1) is 5.41. The topological polar surface area (TPSA) is 24.1 Å². The second-order valence-corrected chi connectivity index (χ2v) is 4.06. The highest BCUT2D eigenvalue weighted by molar-refractivity contribution is 5.85. The first-order valence-corrected chi connectivity index (χ1v) is 4.83. The van der Waals surface area contributed by atoms with Crippen LogP contribution in [0.4, 0.5) is 0 Å². The first kappa shape index (κ1) is 10.3. The molecule has 0 aromatic carbocycles. The monoisotopic (exact) mass is 190 g/mol. The zero-order chi connectivity index (χ0) is 7.57. The number of nitrogens with one attached hydrogen (secondary N) is 2. The predicted octanol–water partition coefficient (Wildman–Crippen LogP) is 1.16. The van der Waals surface area contributed by atoms with E-state index >= 15 is 0 Å². The highest BCUT2D eigenvalue weighted by Crippen LogP contribution is 2.32. The van der Waals surface area contributed by atoms with Crippen molar-refractivity contribution in [2.24, 2.45) is 5.41 Å². The molecule has 2 fully saturated rings. The second kappa shape index (κ2) is 4.45. The normalized spacial score (nSPS) is 28.0. The van der Waals surface area contributed by atoms with Crippen LogP contribution in [0.5, 0.6) is 0 Å². The summed E-state index contributed by atoms with van der Waals surface area (Å²) in [6.45, 7) is 4.98. The Morgan fingerprint density at radius 2 is 1.33 bits per heavy atom. The Balaban J connectivity index is 0.000000720. The van der Waals surface area contributed by atoms with Crippen molar-refractivity contribution in [3.63, 3.8) is 0 Å². The van der Waals surface area contributed by atoms with E-state index in [1.165, 1.54) is 51.9 Å². The molecule has 2 nitrogen and oxygen atoms in total. The molecule has 2 rings (SSSR count). The van der Waals surface area contributed by atoms with Crippen molar-refractivity contribution >= 4 is 12.4 Å². The van der Waals surface area contributed by atoms with Gasteiger partial charge in [-0.2, -0.15) is 0 Å². The summed E-state index contributed by atoms with van der Waals surface area (Å²) in [5, 5.41) is 7.01. The average Bonchev–Trinajstić information content (AvgIpc) is 2.07. The van der Waals surface area contributed by atoms with Gasteiger partial charge in [-0.05, 0) is 44.2 Å². The van der Waals surface area contributed by atoms with E-state index in [0.717, 1.165) is 0 Å². The maximum atomic E-state index is 3.51. The number of piperidine rings is 2. The molecule has 2 saturated heterocycles. The second-order valence-electron chi connectivity index (χ2n) is 4.06. The molecule has 2 N–H and O–H groups in total. The van der Waals surface area contributed by atoms with Gasteiger partial charge >= 0.3 is 0 Å². The van der Waals surface area contributed by atoms with Crippen LogP contribution in [0.3, 0.4) is 0 Å². The van der Waals surface area contributed by atoms with Gasteiger partial charge in [-0.15, -0.1) is 12.4 Å². The van der Waals surface area contributed by atoms with Crippen LogP contribution >= 0.6 is 12.4 Å². The van der Waals surface area contributed by atoms with Crippen molar-refractivity contribution in [2.75, 3.05) is 26.2 Å². The maximum Gasteiger partial charge on any atom is 0.00200 e. The molecule has 0 radical (unpaired) electrons. The molecule has 0 atom stereocenters. The van der Waals surface area contributed by atoms with Gasteiger partial charge in [0.05, 0.1) is 0 Å². The fourth-order valence-electron chi connectivity index (χ4n) is 2.42. The molecule has 2 aliphatic rings. The molecule has 0 saturated carbocycles. The fraction of sp³-hybridized carbons (Fsp3) is 1.00. The molecule has 12 heavy (non-hydrogen) atoms. The van der Waals surface area contributed by atoms with Crippen LogP contribution in [0.25, 0.3) is 0 Å².